The lowest BCUT2D eigenvalue weighted by atomic mass is 9.33. The summed E-state index contributed by atoms with van der Waals surface area (Å²) in [7, 11) is 0. The molecule has 0 bridgehead atoms. The van der Waals surface area contributed by atoms with E-state index in [1.807, 2.05) is 0 Å². The summed E-state index contributed by atoms with van der Waals surface area (Å²) in [6.07, 6.45) is 0. The van der Waals surface area contributed by atoms with Gasteiger partial charge in [0.25, 0.3) is 0 Å². The molecule has 1 heteroatoms. The minimum atomic E-state index is 0.182. The van der Waals surface area contributed by atoms with E-state index in [1.165, 1.54) is 81.4 Å². The van der Waals surface area contributed by atoms with Crippen LogP contribution in [0.25, 0.3) is 65.0 Å². The zero-order chi connectivity index (χ0) is 24.1. The molecule has 0 N–H and O–H groups in total. The normalized spacial score (nSPS) is 12.8. The van der Waals surface area contributed by atoms with Gasteiger partial charge in [-0.3, -0.25) is 0 Å². The summed E-state index contributed by atoms with van der Waals surface area (Å²) in [6, 6.07) is 47.9. The van der Waals surface area contributed by atoms with Crippen LogP contribution in [0.2, 0.25) is 0 Å². The lowest BCUT2D eigenvalue weighted by Crippen LogP contribution is -2.54. The average molecular weight is 464 g/mol. The van der Waals surface area contributed by atoms with Gasteiger partial charge >= 0.3 is 0 Å². The SMILES string of the molecule is c1ccc2cc(B3c4cc5ccccc5cc4-c4cc5cccc6ccc7ccc3c4c7c65)ccc2c1. The third kappa shape index (κ3) is 2.59. The smallest absolute Gasteiger partial charge is 0.0680 e. The molecule has 37 heavy (non-hydrogen) atoms. The standard InChI is InChI=1S/C36H21B/c1-2-7-25-18-29(16-14-22(25)6-1)37-32-17-15-24-13-12-23-10-5-11-28-20-31(36(32)35(24)34(23)28)30-19-26-8-3-4-9-27(26)21-33(30)37/h1-21H. The quantitative estimate of drug-likeness (QED) is 0.176. The number of fused-ring (bicyclic) bond motifs is 4. The maximum atomic E-state index is 2.44. The zero-order valence-corrected chi connectivity index (χ0v) is 20.2. The number of hydrogen-bond donors (Lipinski definition) is 0. The molecule has 0 aromatic heterocycles. The van der Waals surface area contributed by atoms with E-state index in [2.05, 4.69) is 127 Å². The van der Waals surface area contributed by atoms with E-state index in [1.54, 1.807) is 0 Å². The van der Waals surface area contributed by atoms with Crippen molar-refractivity contribution >= 4 is 77.0 Å². The van der Waals surface area contributed by atoms with Crippen molar-refractivity contribution < 1.29 is 0 Å². The Hall–Kier alpha value is -4.62. The average Bonchev–Trinajstić information content (AvgIpc) is 2.96. The lowest BCUT2D eigenvalue weighted by molar-refractivity contribution is 1.71. The van der Waals surface area contributed by atoms with Crippen LogP contribution < -0.4 is 16.4 Å². The predicted molar refractivity (Wildman–Crippen MR) is 162 cm³/mol. The second-order valence-corrected chi connectivity index (χ2v) is 10.5. The summed E-state index contributed by atoms with van der Waals surface area (Å²) in [5.74, 6) is 0. The summed E-state index contributed by atoms with van der Waals surface area (Å²) >= 11 is 0. The van der Waals surface area contributed by atoms with Crippen molar-refractivity contribution in [3.8, 4) is 11.1 Å². The summed E-state index contributed by atoms with van der Waals surface area (Å²) < 4.78 is 0. The Balaban J connectivity index is 1.49. The van der Waals surface area contributed by atoms with Crippen molar-refractivity contribution in [3.05, 3.63) is 127 Å². The van der Waals surface area contributed by atoms with Gasteiger partial charge in [0.05, 0.1) is 0 Å². The van der Waals surface area contributed by atoms with Gasteiger partial charge in [-0.05, 0) is 77.1 Å². The van der Waals surface area contributed by atoms with Crippen LogP contribution in [-0.2, 0) is 0 Å². The topological polar surface area (TPSA) is 0 Å². The van der Waals surface area contributed by atoms with Crippen LogP contribution in [-0.4, -0.2) is 6.71 Å². The Kier molecular flexibility index (Phi) is 3.69. The van der Waals surface area contributed by atoms with Crippen molar-refractivity contribution in [2.24, 2.45) is 0 Å². The van der Waals surface area contributed by atoms with E-state index in [-0.39, 0.29) is 6.71 Å². The van der Waals surface area contributed by atoms with Gasteiger partial charge in [0.1, 0.15) is 0 Å². The number of rotatable bonds is 1. The summed E-state index contributed by atoms with van der Waals surface area (Å²) in [4.78, 5) is 0. The van der Waals surface area contributed by atoms with Crippen molar-refractivity contribution in [3.63, 3.8) is 0 Å². The van der Waals surface area contributed by atoms with E-state index in [0.717, 1.165) is 0 Å². The van der Waals surface area contributed by atoms with Crippen molar-refractivity contribution in [2.45, 2.75) is 0 Å². The zero-order valence-electron chi connectivity index (χ0n) is 20.2. The highest BCUT2D eigenvalue weighted by molar-refractivity contribution is 6.99. The molecule has 0 spiro atoms. The fourth-order valence-corrected chi connectivity index (χ4v) is 6.97. The first-order valence-electron chi connectivity index (χ1n) is 13.1. The Morgan fingerprint density at radius 1 is 0.324 bits per heavy atom. The van der Waals surface area contributed by atoms with Gasteiger partial charge in [0.2, 0.25) is 6.71 Å². The van der Waals surface area contributed by atoms with Gasteiger partial charge in [-0.2, -0.15) is 0 Å². The summed E-state index contributed by atoms with van der Waals surface area (Å²) in [5.41, 5.74) is 6.90. The Morgan fingerprint density at radius 2 is 0.919 bits per heavy atom. The first kappa shape index (κ1) is 19.6. The molecule has 8 aromatic rings. The molecule has 0 radical (unpaired) electrons. The van der Waals surface area contributed by atoms with Crippen LogP contribution in [0.4, 0.5) is 0 Å². The van der Waals surface area contributed by atoms with Gasteiger partial charge in [0, 0.05) is 0 Å². The molecule has 168 valence electrons. The third-order valence-corrected chi connectivity index (χ3v) is 8.60. The second-order valence-electron chi connectivity index (χ2n) is 10.5. The molecule has 0 unspecified atom stereocenters. The molecule has 0 nitrogen and oxygen atoms in total. The van der Waals surface area contributed by atoms with Gasteiger partial charge in [0.15, 0.2) is 0 Å². The Labute approximate surface area is 215 Å². The molecule has 1 heterocycles. The Bertz CT molecular complexity index is 2200. The van der Waals surface area contributed by atoms with E-state index in [0.29, 0.717) is 0 Å². The summed E-state index contributed by atoms with van der Waals surface area (Å²) in [5, 5.41) is 13.4. The predicted octanol–water partition coefficient (Wildman–Crippen LogP) is 7.39. The number of benzene rings is 8. The first-order chi connectivity index (χ1) is 18.3. The molecule has 8 aromatic carbocycles. The molecule has 0 saturated heterocycles. The molecule has 0 fully saturated rings. The first-order valence-corrected chi connectivity index (χ1v) is 13.1. The van der Waals surface area contributed by atoms with Crippen molar-refractivity contribution in [1.82, 2.24) is 0 Å². The molecule has 1 aliphatic rings. The lowest BCUT2D eigenvalue weighted by Gasteiger charge is -2.29. The minimum Gasteiger partial charge on any atom is -0.0680 e. The van der Waals surface area contributed by atoms with Crippen molar-refractivity contribution in [1.29, 1.82) is 0 Å². The van der Waals surface area contributed by atoms with Gasteiger partial charge in [-0.25, -0.2) is 0 Å². The maximum absolute atomic E-state index is 2.44. The summed E-state index contributed by atoms with van der Waals surface area (Å²) in [6.45, 7) is 0.182. The maximum Gasteiger partial charge on any atom is 0.242 e. The van der Waals surface area contributed by atoms with E-state index >= 15 is 0 Å². The monoisotopic (exact) mass is 464 g/mol. The van der Waals surface area contributed by atoms with Crippen LogP contribution >= 0.6 is 0 Å². The van der Waals surface area contributed by atoms with Crippen LogP contribution in [0.15, 0.2) is 127 Å². The van der Waals surface area contributed by atoms with E-state index in [9.17, 15) is 0 Å². The fourth-order valence-electron chi connectivity index (χ4n) is 6.97. The largest absolute Gasteiger partial charge is 0.242 e. The van der Waals surface area contributed by atoms with Crippen LogP contribution in [0.5, 0.6) is 0 Å². The molecule has 0 saturated carbocycles. The van der Waals surface area contributed by atoms with E-state index < -0.39 is 0 Å². The van der Waals surface area contributed by atoms with E-state index in [4.69, 9.17) is 0 Å². The van der Waals surface area contributed by atoms with Crippen LogP contribution in [0, 0.1) is 0 Å². The minimum absolute atomic E-state index is 0.182. The second kappa shape index (κ2) is 6.99. The molecular formula is C36H21B. The van der Waals surface area contributed by atoms with Gasteiger partial charge in [-0.15, -0.1) is 0 Å². The highest BCUT2D eigenvalue weighted by Gasteiger charge is 2.33. The van der Waals surface area contributed by atoms with Crippen LogP contribution in [0.3, 0.4) is 0 Å². The molecule has 0 amide bonds. The van der Waals surface area contributed by atoms with Gasteiger partial charge < -0.3 is 0 Å². The third-order valence-electron chi connectivity index (χ3n) is 8.60. The highest BCUT2D eigenvalue weighted by atomic mass is 14.2. The van der Waals surface area contributed by atoms with Crippen LogP contribution in [0.1, 0.15) is 0 Å². The Morgan fingerprint density at radius 3 is 1.76 bits per heavy atom. The molecular weight excluding hydrogens is 443 g/mol. The van der Waals surface area contributed by atoms with Gasteiger partial charge in [-0.1, -0.05) is 132 Å². The molecule has 1 aliphatic heterocycles. The molecule has 9 rings (SSSR count). The molecule has 0 aliphatic carbocycles. The number of hydrogen-bond acceptors (Lipinski definition) is 0. The van der Waals surface area contributed by atoms with Crippen molar-refractivity contribution in [2.75, 3.05) is 0 Å². The highest BCUT2D eigenvalue weighted by Crippen LogP contribution is 2.41. The molecule has 0 atom stereocenters. The fraction of sp³-hybridized carbons (Fsp3) is 0.